The number of nitrogens with two attached hydrogens (primary N) is 1. The highest BCUT2D eigenvalue weighted by atomic mass is 79.9. The summed E-state index contributed by atoms with van der Waals surface area (Å²) in [5.74, 6) is 1.89. The van der Waals surface area contributed by atoms with Crippen LogP contribution >= 0.6 is 15.9 Å². The minimum Gasteiger partial charge on any atom is -0.465 e. The van der Waals surface area contributed by atoms with Gasteiger partial charge in [-0.15, -0.1) is 6.42 Å². The lowest BCUT2D eigenvalue weighted by Gasteiger charge is -2.06. The van der Waals surface area contributed by atoms with Crippen LogP contribution in [-0.4, -0.2) is 13.1 Å². The van der Waals surface area contributed by atoms with E-state index in [2.05, 4.69) is 26.6 Å². The Morgan fingerprint density at radius 1 is 1.64 bits per heavy atom. The molecule has 0 saturated heterocycles. The molecule has 0 spiro atoms. The number of anilines is 1. The number of carbonyl (C=O) groups excluding carboxylic acids is 1. The van der Waals surface area contributed by atoms with E-state index in [0.29, 0.717) is 10.0 Å². The number of hydrogen-bond acceptors (Lipinski definition) is 3. The number of methoxy groups -OCH3 is 1. The van der Waals surface area contributed by atoms with E-state index in [0.717, 1.165) is 0 Å². The molecule has 0 aliphatic rings. The molecule has 3 nitrogen and oxygen atoms in total. The molecule has 1 rings (SSSR count). The number of esters is 1. The summed E-state index contributed by atoms with van der Waals surface area (Å²) in [7, 11) is 1.29. The fourth-order valence-electron chi connectivity index (χ4n) is 1.02. The van der Waals surface area contributed by atoms with E-state index in [9.17, 15) is 4.79 Å². The van der Waals surface area contributed by atoms with E-state index >= 15 is 0 Å². The molecular weight excluding hydrogens is 246 g/mol. The maximum absolute atomic E-state index is 11.3. The summed E-state index contributed by atoms with van der Waals surface area (Å²) in [5, 5.41) is 0. The predicted octanol–water partition coefficient (Wildman–Crippen LogP) is 1.80. The SMILES string of the molecule is C#Cc1cc(Br)cc(C(=O)OC)c1N. The first-order chi connectivity index (χ1) is 6.60. The summed E-state index contributed by atoms with van der Waals surface area (Å²) in [6, 6.07) is 3.24. The van der Waals surface area contributed by atoms with Gasteiger partial charge in [0.15, 0.2) is 0 Å². The molecule has 0 aliphatic heterocycles. The molecule has 0 saturated carbocycles. The Bertz CT molecular complexity index is 421. The van der Waals surface area contributed by atoms with Gasteiger partial charge in [0.05, 0.1) is 18.4 Å². The summed E-state index contributed by atoms with van der Waals surface area (Å²) >= 11 is 3.23. The van der Waals surface area contributed by atoms with Gasteiger partial charge >= 0.3 is 5.97 Å². The van der Waals surface area contributed by atoms with Crippen molar-refractivity contribution in [1.82, 2.24) is 0 Å². The molecule has 0 fully saturated rings. The molecule has 14 heavy (non-hydrogen) atoms. The van der Waals surface area contributed by atoms with Gasteiger partial charge in [0, 0.05) is 10.0 Å². The first-order valence-electron chi connectivity index (χ1n) is 3.74. The van der Waals surface area contributed by atoms with Crippen LogP contribution in [0.1, 0.15) is 15.9 Å². The van der Waals surface area contributed by atoms with Crippen LogP contribution in [0.3, 0.4) is 0 Å². The highest BCUT2D eigenvalue weighted by Crippen LogP contribution is 2.23. The smallest absolute Gasteiger partial charge is 0.340 e. The van der Waals surface area contributed by atoms with Crippen LogP contribution in [0.15, 0.2) is 16.6 Å². The largest absolute Gasteiger partial charge is 0.465 e. The van der Waals surface area contributed by atoms with Crippen LogP contribution in [-0.2, 0) is 4.74 Å². The Hall–Kier alpha value is -1.47. The molecular formula is C10H8BrNO2. The highest BCUT2D eigenvalue weighted by Gasteiger charge is 2.13. The molecule has 4 heteroatoms. The molecule has 72 valence electrons. The lowest BCUT2D eigenvalue weighted by molar-refractivity contribution is 0.0602. The lowest BCUT2D eigenvalue weighted by atomic mass is 10.1. The fourth-order valence-corrected chi connectivity index (χ4v) is 1.47. The molecule has 1 aromatic rings. The average Bonchev–Trinajstić information content (AvgIpc) is 2.19. The Morgan fingerprint density at radius 2 is 2.29 bits per heavy atom. The Balaban J connectivity index is 3.38. The second-order valence-electron chi connectivity index (χ2n) is 2.55. The van der Waals surface area contributed by atoms with E-state index in [-0.39, 0.29) is 11.3 Å². The zero-order valence-corrected chi connectivity index (χ0v) is 9.09. The first-order valence-corrected chi connectivity index (χ1v) is 4.53. The van der Waals surface area contributed by atoms with Crippen LogP contribution < -0.4 is 5.73 Å². The monoisotopic (exact) mass is 253 g/mol. The molecule has 1 aromatic carbocycles. The van der Waals surface area contributed by atoms with E-state index < -0.39 is 5.97 Å². The lowest BCUT2D eigenvalue weighted by Crippen LogP contribution is -2.07. The van der Waals surface area contributed by atoms with Crippen LogP contribution in [0, 0.1) is 12.3 Å². The molecule has 0 heterocycles. The Labute approximate surface area is 90.4 Å². The van der Waals surface area contributed by atoms with Crippen LogP contribution in [0.25, 0.3) is 0 Å². The number of halogens is 1. The average molecular weight is 254 g/mol. The van der Waals surface area contributed by atoms with Crippen molar-refractivity contribution >= 4 is 27.6 Å². The molecule has 0 aliphatic carbocycles. The van der Waals surface area contributed by atoms with E-state index in [4.69, 9.17) is 12.2 Å². The standard InChI is InChI=1S/C10H8BrNO2/c1-3-6-4-7(11)5-8(9(6)12)10(13)14-2/h1,4-5H,12H2,2H3. The van der Waals surface area contributed by atoms with E-state index in [1.165, 1.54) is 7.11 Å². The van der Waals surface area contributed by atoms with Crippen molar-refractivity contribution in [2.75, 3.05) is 12.8 Å². The summed E-state index contributed by atoms with van der Waals surface area (Å²) in [5.41, 5.74) is 6.69. The van der Waals surface area contributed by atoms with Crippen molar-refractivity contribution in [3.8, 4) is 12.3 Å². The second kappa shape index (κ2) is 4.16. The highest BCUT2D eigenvalue weighted by molar-refractivity contribution is 9.10. The van der Waals surface area contributed by atoms with Gasteiger partial charge in [-0.1, -0.05) is 21.9 Å². The summed E-state index contributed by atoms with van der Waals surface area (Å²) < 4.78 is 5.26. The summed E-state index contributed by atoms with van der Waals surface area (Å²) in [6.07, 6.45) is 5.23. The Kier molecular flexibility index (Phi) is 3.15. The van der Waals surface area contributed by atoms with Gasteiger partial charge in [-0.2, -0.15) is 0 Å². The maximum Gasteiger partial charge on any atom is 0.340 e. The van der Waals surface area contributed by atoms with Gasteiger partial charge in [-0.25, -0.2) is 4.79 Å². The zero-order chi connectivity index (χ0) is 10.7. The topological polar surface area (TPSA) is 52.3 Å². The fraction of sp³-hybridized carbons (Fsp3) is 0.100. The van der Waals surface area contributed by atoms with Gasteiger partial charge < -0.3 is 10.5 Å². The minimum absolute atomic E-state index is 0.266. The molecule has 0 radical (unpaired) electrons. The number of ether oxygens (including phenoxy) is 1. The quantitative estimate of drug-likeness (QED) is 0.472. The van der Waals surface area contributed by atoms with E-state index in [1.54, 1.807) is 12.1 Å². The second-order valence-corrected chi connectivity index (χ2v) is 3.47. The van der Waals surface area contributed by atoms with Crippen molar-refractivity contribution in [1.29, 1.82) is 0 Å². The van der Waals surface area contributed by atoms with Crippen molar-refractivity contribution < 1.29 is 9.53 Å². The van der Waals surface area contributed by atoms with Crippen LogP contribution in [0.2, 0.25) is 0 Å². The molecule has 0 unspecified atom stereocenters. The third-order valence-electron chi connectivity index (χ3n) is 1.71. The molecule has 2 N–H and O–H groups in total. The minimum atomic E-state index is -0.500. The van der Waals surface area contributed by atoms with Crippen molar-refractivity contribution in [2.45, 2.75) is 0 Å². The van der Waals surface area contributed by atoms with Gasteiger partial charge in [-0.05, 0) is 12.1 Å². The number of nitrogen functional groups attached to an aromatic ring is 1. The van der Waals surface area contributed by atoms with Crippen molar-refractivity contribution in [3.05, 3.63) is 27.7 Å². The van der Waals surface area contributed by atoms with Gasteiger partial charge in [-0.3, -0.25) is 0 Å². The number of benzene rings is 1. The van der Waals surface area contributed by atoms with Crippen molar-refractivity contribution in [2.24, 2.45) is 0 Å². The van der Waals surface area contributed by atoms with Gasteiger partial charge in [0.2, 0.25) is 0 Å². The molecule has 0 amide bonds. The number of rotatable bonds is 1. The predicted molar refractivity (Wildman–Crippen MR) is 57.8 cm³/mol. The van der Waals surface area contributed by atoms with Crippen LogP contribution in [0.5, 0.6) is 0 Å². The number of terminal acetylenes is 1. The van der Waals surface area contributed by atoms with Crippen molar-refractivity contribution in [3.63, 3.8) is 0 Å². The first kappa shape index (κ1) is 10.6. The normalized spacial score (nSPS) is 9.21. The zero-order valence-electron chi connectivity index (χ0n) is 7.50. The Morgan fingerprint density at radius 3 is 2.79 bits per heavy atom. The summed E-state index contributed by atoms with van der Waals surface area (Å²) in [4.78, 5) is 11.3. The third-order valence-corrected chi connectivity index (χ3v) is 2.16. The van der Waals surface area contributed by atoms with E-state index in [1.807, 2.05) is 0 Å². The summed E-state index contributed by atoms with van der Waals surface area (Å²) in [6.45, 7) is 0. The number of hydrogen-bond donors (Lipinski definition) is 1. The molecule has 0 atom stereocenters. The van der Waals surface area contributed by atoms with Gasteiger partial charge in [0.25, 0.3) is 0 Å². The maximum atomic E-state index is 11.3. The molecule has 0 aromatic heterocycles. The third kappa shape index (κ3) is 1.88. The number of carbonyl (C=O) groups is 1. The van der Waals surface area contributed by atoms with Gasteiger partial charge in [0.1, 0.15) is 0 Å². The van der Waals surface area contributed by atoms with Crippen LogP contribution in [0.4, 0.5) is 5.69 Å². The molecule has 0 bridgehead atoms.